The molecule has 1 aliphatic rings. The summed E-state index contributed by atoms with van der Waals surface area (Å²) in [5.41, 5.74) is 2.88. The predicted octanol–water partition coefficient (Wildman–Crippen LogP) is 2.72. The van der Waals surface area contributed by atoms with Gasteiger partial charge in [0.2, 0.25) is 0 Å². The standard InChI is InChI=1S/C17H29N3/c1-17(2,3)18-12-14-6-8-15(9-7-14)20-11-10-16(13-20)19(4)5/h6-9,16,18H,10-13H2,1-5H3. The first-order chi connectivity index (χ1) is 9.35. The maximum atomic E-state index is 3.53. The van der Waals surface area contributed by atoms with Crippen LogP contribution in [0.25, 0.3) is 0 Å². The van der Waals surface area contributed by atoms with Crippen LogP contribution in [0, 0.1) is 0 Å². The van der Waals surface area contributed by atoms with Crippen molar-refractivity contribution >= 4 is 5.69 Å². The third-order valence-electron chi connectivity index (χ3n) is 4.02. The van der Waals surface area contributed by atoms with Crippen LogP contribution >= 0.6 is 0 Å². The van der Waals surface area contributed by atoms with E-state index in [0.717, 1.165) is 13.1 Å². The summed E-state index contributed by atoms with van der Waals surface area (Å²) in [7, 11) is 4.35. The minimum Gasteiger partial charge on any atom is -0.370 e. The first kappa shape index (κ1) is 15.3. The third-order valence-corrected chi connectivity index (χ3v) is 4.02. The summed E-state index contributed by atoms with van der Waals surface area (Å²) >= 11 is 0. The van der Waals surface area contributed by atoms with Crippen LogP contribution in [0.2, 0.25) is 0 Å². The van der Waals surface area contributed by atoms with Crippen LogP contribution in [0.15, 0.2) is 24.3 Å². The number of nitrogens with zero attached hydrogens (tertiary/aromatic N) is 2. The molecule has 1 unspecified atom stereocenters. The maximum absolute atomic E-state index is 3.53. The van der Waals surface area contributed by atoms with Gasteiger partial charge in [-0.2, -0.15) is 0 Å². The van der Waals surface area contributed by atoms with Gasteiger partial charge in [0.05, 0.1) is 0 Å². The molecule has 0 saturated carbocycles. The van der Waals surface area contributed by atoms with E-state index in [-0.39, 0.29) is 5.54 Å². The van der Waals surface area contributed by atoms with E-state index in [9.17, 15) is 0 Å². The predicted molar refractivity (Wildman–Crippen MR) is 87.3 cm³/mol. The Hall–Kier alpha value is -1.06. The maximum Gasteiger partial charge on any atom is 0.0366 e. The summed E-state index contributed by atoms with van der Waals surface area (Å²) in [6, 6.07) is 9.71. The zero-order valence-electron chi connectivity index (χ0n) is 13.6. The lowest BCUT2D eigenvalue weighted by molar-refractivity contribution is 0.315. The molecule has 0 aliphatic carbocycles. The van der Waals surface area contributed by atoms with Gasteiger partial charge >= 0.3 is 0 Å². The summed E-state index contributed by atoms with van der Waals surface area (Å²) in [4.78, 5) is 4.83. The number of nitrogens with one attached hydrogen (secondary N) is 1. The van der Waals surface area contributed by atoms with Crippen LogP contribution in [-0.4, -0.2) is 43.7 Å². The Morgan fingerprint density at radius 1 is 1.20 bits per heavy atom. The molecule has 0 bridgehead atoms. The summed E-state index contributed by atoms with van der Waals surface area (Å²) in [5, 5.41) is 3.53. The Morgan fingerprint density at radius 2 is 1.85 bits per heavy atom. The molecule has 1 aliphatic heterocycles. The number of benzene rings is 1. The van der Waals surface area contributed by atoms with Gasteiger partial charge in [0.1, 0.15) is 0 Å². The van der Waals surface area contributed by atoms with Crippen LogP contribution in [0.4, 0.5) is 5.69 Å². The monoisotopic (exact) mass is 275 g/mol. The average molecular weight is 275 g/mol. The first-order valence-corrected chi connectivity index (χ1v) is 7.60. The van der Waals surface area contributed by atoms with Gasteiger partial charge in [-0.05, 0) is 59.0 Å². The van der Waals surface area contributed by atoms with Gasteiger partial charge in [-0.1, -0.05) is 12.1 Å². The highest BCUT2D eigenvalue weighted by molar-refractivity contribution is 5.48. The van der Waals surface area contributed by atoms with Crippen LogP contribution in [0.1, 0.15) is 32.8 Å². The summed E-state index contributed by atoms with van der Waals surface area (Å²) in [6.07, 6.45) is 1.26. The van der Waals surface area contributed by atoms with E-state index in [4.69, 9.17) is 0 Å². The van der Waals surface area contributed by atoms with Crippen molar-refractivity contribution in [2.24, 2.45) is 0 Å². The molecule has 0 amide bonds. The molecule has 1 atom stereocenters. The zero-order valence-corrected chi connectivity index (χ0v) is 13.6. The van der Waals surface area contributed by atoms with Gasteiger partial charge in [0.25, 0.3) is 0 Å². The Balaban J connectivity index is 1.92. The molecule has 0 aromatic heterocycles. The fraction of sp³-hybridized carbons (Fsp3) is 0.647. The molecule has 20 heavy (non-hydrogen) atoms. The highest BCUT2D eigenvalue weighted by Crippen LogP contribution is 2.22. The number of hydrogen-bond donors (Lipinski definition) is 1. The Bertz CT molecular complexity index is 417. The molecular formula is C17H29N3. The molecule has 3 nitrogen and oxygen atoms in total. The molecule has 1 fully saturated rings. The van der Waals surface area contributed by atoms with Crippen molar-refractivity contribution < 1.29 is 0 Å². The van der Waals surface area contributed by atoms with E-state index in [0.29, 0.717) is 6.04 Å². The van der Waals surface area contributed by atoms with Gasteiger partial charge in [0.15, 0.2) is 0 Å². The highest BCUT2D eigenvalue weighted by atomic mass is 15.2. The molecule has 0 spiro atoms. The van der Waals surface area contributed by atoms with E-state index in [1.807, 2.05) is 0 Å². The smallest absolute Gasteiger partial charge is 0.0366 e. The highest BCUT2D eigenvalue weighted by Gasteiger charge is 2.23. The number of rotatable bonds is 4. The van der Waals surface area contributed by atoms with Crippen molar-refractivity contribution in [3.05, 3.63) is 29.8 Å². The van der Waals surface area contributed by atoms with Crippen molar-refractivity contribution in [3.8, 4) is 0 Å². The first-order valence-electron chi connectivity index (χ1n) is 7.60. The lowest BCUT2D eigenvalue weighted by Crippen LogP contribution is -2.35. The van der Waals surface area contributed by atoms with Crippen LogP contribution in [-0.2, 0) is 6.54 Å². The van der Waals surface area contributed by atoms with Crippen molar-refractivity contribution in [2.45, 2.75) is 45.3 Å². The summed E-state index contributed by atoms with van der Waals surface area (Å²) < 4.78 is 0. The molecule has 3 heteroatoms. The molecule has 1 aromatic rings. The molecule has 1 saturated heterocycles. The van der Waals surface area contributed by atoms with E-state index in [1.54, 1.807) is 0 Å². The fourth-order valence-corrected chi connectivity index (χ4v) is 2.59. The minimum absolute atomic E-state index is 0.173. The van der Waals surface area contributed by atoms with Crippen molar-refractivity contribution in [1.82, 2.24) is 10.2 Å². The van der Waals surface area contributed by atoms with Gasteiger partial charge in [-0.3, -0.25) is 0 Å². The molecule has 0 radical (unpaired) electrons. The number of likely N-dealkylation sites (N-methyl/N-ethyl adjacent to an activating group) is 1. The van der Waals surface area contributed by atoms with Gasteiger partial charge < -0.3 is 15.1 Å². The van der Waals surface area contributed by atoms with Crippen LogP contribution in [0.3, 0.4) is 0 Å². The average Bonchev–Trinajstić information content (AvgIpc) is 2.86. The second-order valence-electron chi connectivity index (χ2n) is 7.12. The van der Waals surface area contributed by atoms with Crippen LogP contribution < -0.4 is 10.2 Å². The summed E-state index contributed by atoms with van der Waals surface area (Å²) in [6.45, 7) is 9.85. The van der Waals surface area contributed by atoms with Crippen LogP contribution in [0.5, 0.6) is 0 Å². The molecule has 1 aromatic carbocycles. The normalized spacial score (nSPS) is 19.9. The van der Waals surface area contributed by atoms with E-state index in [2.05, 4.69) is 74.2 Å². The molecule has 112 valence electrons. The second-order valence-corrected chi connectivity index (χ2v) is 7.12. The zero-order chi connectivity index (χ0) is 14.8. The van der Waals surface area contributed by atoms with E-state index in [1.165, 1.54) is 24.2 Å². The molecular weight excluding hydrogens is 246 g/mol. The lowest BCUT2D eigenvalue weighted by atomic mass is 10.1. The summed E-state index contributed by atoms with van der Waals surface area (Å²) in [5.74, 6) is 0. The Labute approximate surface area is 124 Å². The van der Waals surface area contributed by atoms with E-state index < -0.39 is 0 Å². The number of hydrogen-bond acceptors (Lipinski definition) is 3. The second kappa shape index (κ2) is 6.15. The molecule has 2 rings (SSSR count). The molecule has 1 heterocycles. The van der Waals surface area contributed by atoms with Gasteiger partial charge in [-0.25, -0.2) is 0 Å². The largest absolute Gasteiger partial charge is 0.370 e. The van der Waals surface area contributed by atoms with Crippen molar-refractivity contribution in [2.75, 3.05) is 32.1 Å². The molecule has 1 N–H and O–H groups in total. The minimum atomic E-state index is 0.173. The third kappa shape index (κ3) is 4.22. The van der Waals surface area contributed by atoms with Crippen molar-refractivity contribution in [3.63, 3.8) is 0 Å². The SMILES string of the molecule is CN(C)C1CCN(c2ccc(CNC(C)(C)C)cc2)C1. The quantitative estimate of drug-likeness (QED) is 0.911. The fourth-order valence-electron chi connectivity index (χ4n) is 2.59. The number of anilines is 1. The Kier molecular flexibility index (Phi) is 4.71. The van der Waals surface area contributed by atoms with Gasteiger partial charge in [-0.15, -0.1) is 0 Å². The van der Waals surface area contributed by atoms with Crippen molar-refractivity contribution in [1.29, 1.82) is 0 Å². The topological polar surface area (TPSA) is 18.5 Å². The van der Waals surface area contributed by atoms with Gasteiger partial charge in [0, 0.05) is 36.9 Å². The Morgan fingerprint density at radius 3 is 2.35 bits per heavy atom. The lowest BCUT2D eigenvalue weighted by Gasteiger charge is -2.23. The van der Waals surface area contributed by atoms with E-state index >= 15 is 0 Å².